The Labute approximate surface area is 131 Å². The minimum atomic E-state index is -0.678. The molecular weight excluding hydrogens is 286 g/mol. The molecule has 1 aliphatic heterocycles. The molecule has 0 saturated carbocycles. The molecule has 21 heavy (non-hydrogen) atoms. The summed E-state index contributed by atoms with van der Waals surface area (Å²) in [5.41, 5.74) is 0.147. The summed E-state index contributed by atoms with van der Waals surface area (Å²) >= 11 is 6.20. The maximum Gasteiger partial charge on any atom is 0.144 e. The van der Waals surface area contributed by atoms with Crippen LogP contribution in [0.25, 0.3) is 0 Å². The van der Waals surface area contributed by atoms with Gasteiger partial charge in [-0.1, -0.05) is 35.9 Å². The average Bonchev–Trinajstić information content (AvgIpc) is 2.40. The highest BCUT2D eigenvalue weighted by atomic mass is 35.5. The van der Waals surface area contributed by atoms with Crippen molar-refractivity contribution in [3.05, 3.63) is 54.1 Å². The van der Waals surface area contributed by atoms with Gasteiger partial charge in [-0.15, -0.1) is 13.2 Å². The molecule has 3 nitrogen and oxygen atoms in total. The molecule has 0 aromatic heterocycles. The van der Waals surface area contributed by atoms with Crippen molar-refractivity contribution in [3.63, 3.8) is 0 Å². The van der Waals surface area contributed by atoms with Crippen LogP contribution in [0.4, 0.5) is 0 Å². The maximum atomic E-state index is 10.9. The van der Waals surface area contributed by atoms with Gasteiger partial charge in [-0.05, 0) is 19.9 Å². The summed E-state index contributed by atoms with van der Waals surface area (Å²) in [5, 5.41) is 11.4. The first-order chi connectivity index (χ1) is 9.92. The number of hydrogen-bond acceptors (Lipinski definition) is 3. The van der Waals surface area contributed by atoms with Gasteiger partial charge in [0.15, 0.2) is 0 Å². The van der Waals surface area contributed by atoms with E-state index in [1.807, 2.05) is 38.1 Å². The van der Waals surface area contributed by atoms with Crippen molar-refractivity contribution in [2.45, 2.75) is 31.6 Å². The highest BCUT2D eigenvalue weighted by molar-refractivity contribution is 6.32. The zero-order valence-electron chi connectivity index (χ0n) is 12.6. The van der Waals surface area contributed by atoms with E-state index in [1.54, 1.807) is 6.07 Å². The molecule has 0 fully saturated rings. The van der Waals surface area contributed by atoms with Crippen molar-refractivity contribution in [1.82, 2.24) is 4.90 Å². The summed E-state index contributed by atoms with van der Waals surface area (Å²) < 4.78 is 6.10. The van der Waals surface area contributed by atoms with E-state index >= 15 is 0 Å². The van der Waals surface area contributed by atoms with E-state index in [2.05, 4.69) is 18.1 Å². The van der Waals surface area contributed by atoms with Gasteiger partial charge in [-0.2, -0.15) is 0 Å². The lowest BCUT2D eigenvalue weighted by Crippen LogP contribution is -2.58. The third-order valence-electron chi connectivity index (χ3n) is 3.81. The Balaban J connectivity index is 2.46. The molecule has 4 heteroatoms. The molecule has 1 aromatic rings. The Kier molecular flexibility index (Phi) is 4.77. The topological polar surface area (TPSA) is 32.7 Å². The van der Waals surface area contributed by atoms with Crippen LogP contribution in [0, 0.1) is 0 Å². The van der Waals surface area contributed by atoms with Gasteiger partial charge in [0.2, 0.25) is 0 Å². The van der Waals surface area contributed by atoms with Gasteiger partial charge in [0.1, 0.15) is 17.5 Å². The van der Waals surface area contributed by atoms with Gasteiger partial charge in [-0.25, -0.2) is 0 Å². The zero-order valence-corrected chi connectivity index (χ0v) is 13.3. The summed E-state index contributed by atoms with van der Waals surface area (Å²) in [5.74, 6) is 0.574. The number of para-hydroxylation sites is 1. The first-order valence-corrected chi connectivity index (χ1v) is 7.41. The lowest BCUT2D eigenvalue weighted by molar-refractivity contribution is -0.0760. The lowest BCUT2D eigenvalue weighted by Gasteiger charge is -2.47. The molecule has 0 spiro atoms. The Hall–Kier alpha value is -1.29. The molecule has 1 N–H and O–H groups in total. The van der Waals surface area contributed by atoms with Crippen molar-refractivity contribution in [1.29, 1.82) is 0 Å². The van der Waals surface area contributed by atoms with Crippen LogP contribution in [-0.4, -0.2) is 34.7 Å². The fraction of sp³-hybridized carbons (Fsp3) is 0.412. The SMILES string of the molecule is C=CCN(CC=C)C1C(O)c2cccc(Cl)c2OC1(C)C. The number of fused-ring (bicyclic) bond motifs is 1. The average molecular weight is 308 g/mol. The number of halogens is 1. The summed E-state index contributed by atoms with van der Waals surface area (Å²) in [6.45, 7) is 12.8. The van der Waals surface area contributed by atoms with Gasteiger partial charge in [0.25, 0.3) is 0 Å². The molecule has 0 bridgehead atoms. The molecule has 0 radical (unpaired) electrons. The molecule has 1 heterocycles. The summed E-state index contributed by atoms with van der Waals surface area (Å²) in [7, 11) is 0. The largest absolute Gasteiger partial charge is 0.484 e. The normalized spacial score (nSPS) is 23.3. The van der Waals surface area contributed by atoms with Crippen LogP contribution in [-0.2, 0) is 0 Å². The van der Waals surface area contributed by atoms with E-state index in [0.717, 1.165) is 5.56 Å². The van der Waals surface area contributed by atoms with E-state index in [9.17, 15) is 5.11 Å². The van der Waals surface area contributed by atoms with E-state index in [-0.39, 0.29) is 6.04 Å². The summed E-state index contributed by atoms with van der Waals surface area (Å²) in [4.78, 5) is 2.11. The monoisotopic (exact) mass is 307 g/mol. The van der Waals surface area contributed by atoms with Crippen molar-refractivity contribution in [2.75, 3.05) is 13.1 Å². The number of benzene rings is 1. The van der Waals surface area contributed by atoms with E-state index in [4.69, 9.17) is 16.3 Å². The quantitative estimate of drug-likeness (QED) is 0.844. The van der Waals surface area contributed by atoms with Crippen molar-refractivity contribution >= 4 is 11.6 Å². The van der Waals surface area contributed by atoms with Crippen LogP contribution in [0.5, 0.6) is 5.75 Å². The summed E-state index contributed by atoms with van der Waals surface area (Å²) in [6.07, 6.45) is 2.96. The number of ether oxygens (including phenoxy) is 1. The lowest BCUT2D eigenvalue weighted by atomic mass is 9.85. The minimum absolute atomic E-state index is 0.209. The maximum absolute atomic E-state index is 10.9. The first-order valence-electron chi connectivity index (χ1n) is 7.03. The smallest absolute Gasteiger partial charge is 0.144 e. The Morgan fingerprint density at radius 2 is 1.95 bits per heavy atom. The molecule has 0 amide bonds. The first kappa shape index (κ1) is 16.1. The van der Waals surface area contributed by atoms with Crippen LogP contribution in [0.3, 0.4) is 0 Å². The Morgan fingerprint density at radius 1 is 1.33 bits per heavy atom. The van der Waals surface area contributed by atoms with Crippen molar-refractivity contribution < 1.29 is 9.84 Å². The van der Waals surface area contributed by atoms with Crippen LogP contribution >= 0.6 is 11.6 Å². The predicted octanol–water partition coefficient (Wildman–Crippen LogP) is 3.59. The van der Waals surface area contributed by atoms with Crippen molar-refractivity contribution in [2.24, 2.45) is 0 Å². The standard InChI is InChI=1S/C17H22ClNO2/c1-5-10-19(11-6-2)16-14(20)12-8-7-9-13(18)15(12)21-17(16,3)4/h5-9,14,16,20H,1-2,10-11H2,3-4H3. The number of nitrogens with zero attached hydrogens (tertiary/aromatic N) is 1. The molecule has 1 aliphatic rings. The third kappa shape index (κ3) is 3.00. The molecule has 2 unspecified atom stereocenters. The molecule has 2 atom stereocenters. The van der Waals surface area contributed by atoms with E-state index in [0.29, 0.717) is 23.9 Å². The molecule has 114 valence electrons. The second-order valence-electron chi connectivity index (χ2n) is 5.78. The van der Waals surface area contributed by atoms with Crippen LogP contribution < -0.4 is 4.74 Å². The number of rotatable bonds is 5. The zero-order chi connectivity index (χ0) is 15.6. The highest BCUT2D eigenvalue weighted by Gasteiger charge is 2.46. The Bertz CT molecular complexity index is 532. The second-order valence-corrected chi connectivity index (χ2v) is 6.19. The summed E-state index contributed by atoms with van der Waals surface area (Å²) in [6, 6.07) is 5.25. The van der Waals surface area contributed by atoms with Crippen LogP contribution in [0.15, 0.2) is 43.5 Å². The highest BCUT2D eigenvalue weighted by Crippen LogP contribution is 2.45. The molecule has 0 aliphatic carbocycles. The number of aliphatic hydroxyl groups is 1. The minimum Gasteiger partial charge on any atom is -0.484 e. The molecule has 0 saturated heterocycles. The van der Waals surface area contributed by atoms with E-state index < -0.39 is 11.7 Å². The van der Waals surface area contributed by atoms with Gasteiger partial charge in [0.05, 0.1) is 11.1 Å². The Morgan fingerprint density at radius 3 is 2.52 bits per heavy atom. The fourth-order valence-corrected chi connectivity index (χ4v) is 3.23. The van der Waals surface area contributed by atoms with E-state index in [1.165, 1.54) is 0 Å². The third-order valence-corrected chi connectivity index (χ3v) is 4.11. The van der Waals surface area contributed by atoms with Crippen LogP contribution in [0.1, 0.15) is 25.5 Å². The molecular formula is C17H22ClNO2. The van der Waals surface area contributed by atoms with Crippen LogP contribution in [0.2, 0.25) is 5.02 Å². The van der Waals surface area contributed by atoms with Gasteiger partial charge in [-0.3, -0.25) is 4.90 Å². The fourth-order valence-electron chi connectivity index (χ4n) is 3.01. The number of hydrogen-bond donors (Lipinski definition) is 1. The number of aliphatic hydroxyl groups excluding tert-OH is 1. The van der Waals surface area contributed by atoms with Gasteiger partial charge >= 0.3 is 0 Å². The molecule has 1 aromatic carbocycles. The second kappa shape index (κ2) is 6.22. The predicted molar refractivity (Wildman–Crippen MR) is 86.9 cm³/mol. The van der Waals surface area contributed by atoms with Crippen molar-refractivity contribution in [3.8, 4) is 5.75 Å². The van der Waals surface area contributed by atoms with Gasteiger partial charge < -0.3 is 9.84 Å². The van der Waals surface area contributed by atoms with Gasteiger partial charge in [0, 0.05) is 18.7 Å². The molecule has 2 rings (SSSR count).